The van der Waals surface area contributed by atoms with Crippen LogP contribution in [0.4, 0.5) is 11.4 Å². The van der Waals surface area contributed by atoms with E-state index in [4.69, 9.17) is 9.47 Å². The van der Waals surface area contributed by atoms with E-state index in [1.54, 1.807) is 41.3 Å². The Morgan fingerprint density at radius 1 is 1.13 bits per heavy atom. The summed E-state index contributed by atoms with van der Waals surface area (Å²) in [5, 5.41) is 5.58. The lowest BCUT2D eigenvalue weighted by Crippen LogP contribution is -2.40. The van der Waals surface area contributed by atoms with Gasteiger partial charge in [0.1, 0.15) is 6.04 Å². The molecular formula is C22H19N3O5. The third kappa shape index (κ3) is 3.26. The standard InChI is InChI=1S/C22H19N3O5/c26-20(8-4-13-3-7-18-19(10-13)30-12-29-18)23-14-5-6-16-15(11-14)22(28)25-9-1-2-17(25)21(27)24-16/h3-8,10-11,17H,1-2,9,12H2,(H,23,26)(H,24,27)/t17-/m0/s1. The predicted molar refractivity (Wildman–Crippen MR) is 109 cm³/mol. The molecule has 152 valence electrons. The van der Waals surface area contributed by atoms with Crippen molar-refractivity contribution in [3.8, 4) is 11.5 Å². The van der Waals surface area contributed by atoms with Crippen LogP contribution in [0.15, 0.2) is 42.5 Å². The summed E-state index contributed by atoms with van der Waals surface area (Å²) in [6.07, 6.45) is 4.55. The van der Waals surface area contributed by atoms with E-state index in [2.05, 4.69) is 10.6 Å². The smallest absolute Gasteiger partial charge is 0.256 e. The van der Waals surface area contributed by atoms with Gasteiger partial charge >= 0.3 is 0 Å². The van der Waals surface area contributed by atoms with E-state index < -0.39 is 6.04 Å². The number of nitrogens with zero attached hydrogens (tertiary/aromatic N) is 1. The molecule has 0 saturated carbocycles. The number of benzene rings is 2. The molecule has 0 aromatic heterocycles. The van der Waals surface area contributed by atoms with Crippen LogP contribution in [-0.2, 0) is 9.59 Å². The van der Waals surface area contributed by atoms with Crippen molar-refractivity contribution in [1.82, 2.24) is 4.90 Å². The second-order valence-corrected chi connectivity index (χ2v) is 7.34. The maximum atomic E-state index is 12.9. The zero-order valence-corrected chi connectivity index (χ0v) is 16.0. The number of ether oxygens (including phenoxy) is 2. The summed E-state index contributed by atoms with van der Waals surface area (Å²) in [4.78, 5) is 39.2. The van der Waals surface area contributed by atoms with Crippen LogP contribution in [0, 0.1) is 0 Å². The molecular weight excluding hydrogens is 386 g/mol. The van der Waals surface area contributed by atoms with Crippen LogP contribution in [0.3, 0.4) is 0 Å². The third-order valence-corrected chi connectivity index (χ3v) is 5.42. The monoisotopic (exact) mass is 405 g/mol. The summed E-state index contributed by atoms with van der Waals surface area (Å²) in [7, 11) is 0. The Hall–Kier alpha value is -3.81. The number of hydrogen-bond acceptors (Lipinski definition) is 5. The summed E-state index contributed by atoms with van der Waals surface area (Å²) in [5.41, 5.74) is 2.13. The molecule has 0 radical (unpaired) electrons. The SMILES string of the molecule is O=C(C=Cc1ccc2c(c1)OCO2)Nc1ccc2c(c1)C(=O)N1CCC[C@H]1C(=O)N2. The molecule has 1 saturated heterocycles. The van der Waals surface area contributed by atoms with Crippen LogP contribution in [-0.4, -0.2) is 42.0 Å². The van der Waals surface area contributed by atoms with Crippen LogP contribution in [0.2, 0.25) is 0 Å². The number of amides is 3. The second kappa shape index (κ2) is 7.22. The molecule has 3 heterocycles. The summed E-state index contributed by atoms with van der Waals surface area (Å²) in [6.45, 7) is 0.754. The van der Waals surface area contributed by atoms with Gasteiger partial charge in [-0.25, -0.2) is 0 Å². The van der Waals surface area contributed by atoms with Gasteiger partial charge in [-0.05, 0) is 54.8 Å². The molecule has 8 heteroatoms. The molecule has 3 amide bonds. The van der Waals surface area contributed by atoms with Crippen molar-refractivity contribution in [2.75, 3.05) is 24.0 Å². The zero-order chi connectivity index (χ0) is 20.7. The van der Waals surface area contributed by atoms with Gasteiger partial charge < -0.3 is 25.0 Å². The Bertz CT molecular complexity index is 1090. The van der Waals surface area contributed by atoms with Crippen LogP contribution in [0.5, 0.6) is 11.5 Å². The van der Waals surface area contributed by atoms with E-state index in [1.165, 1.54) is 6.08 Å². The number of hydrogen-bond donors (Lipinski definition) is 2. The van der Waals surface area contributed by atoms with E-state index in [0.717, 1.165) is 12.0 Å². The minimum absolute atomic E-state index is 0.164. The van der Waals surface area contributed by atoms with E-state index in [-0.39, 0.29) is 24.5 Å². The highest BCUT2D eigenvalue weighted by Gasteiger charge is 2.38. The van der Waals surface area contributed by atoms with Crippen molar-refractivity contribution in [3.05, 3.63) is 53.6 Å². The summed E-state index contributed by atoms with van der Waals surface area (Å²) < 4.78 is 10.6. The number of carbonyl (C=O) groups is 3. The lowest BCUT2D eigenvalue weighted by Gasteiger charge is -2.20. The second-order valence-electron chi connectivity index (χ2n) is 7.34. The summed E-state index contributed by atoms with van der Waals surface area (Å²) in [6, 6.07) is 9.89. The highest BCUT2D eigenvalue weighted by Crippen LogP contribution is 2.33. The highest BCUT2D eigenvalue weighted by atomic mass is 16.7. The molecule has 2 aromatic rings. The Morgan fingerprint density at radius 3 is 2.90 bits per heavy atom. The number of anilines is 2. The first-order valence-electron chi connectivity index (χ1n) is 9.73. The Kier molecular flexibility index (Phi) is 4.39. The predicted octanol–water partition coefficient (Wildman–Crippen LogP) is 2.62. The van der Waals surface area contributed by atoms with E-state index in [9.17, 15) is 14.4 Å². The van der Waals surface area contributed by atoms with Crippen molar-refractivity contribution in [2.45, 2.75) is 18.9 Å². The lowest BCUT2D eigenvalue weighted by atomic mass is 10.1. The van der Waals surface area contributed by atoms with Crippen LogP contribution in [0.25, 0.3) is 6.08 Å². The van der Waals surface area contributed by atoms with Crippen molar-refractivity contribution >= 4 is 35.2 Å². The Morgan fingerprint density at radius 2 is 2.00 bits per heavy atom. The maximum absolute atomic E-state index is 12.9. The van der Waals surface area contributed by atoms with Crippen LogP contribution in [0.1, 0.15) is 28.8 Å². The van der Waals surface area contributed by atoms with Gasteiger partial charge in [0.05, 0.1) is 11.3 Å². The van der Waals surface area contributed by atoms with E-state index in [0.29, 0.717) is 41.4 Å². The van der Waals surface area contributed by atoms with E-state index in [1.807, 2.05) is 6.07 Å². The minimum atomic E-state index is -0.424. The first-order valence-corrected chi connectivity index (χ1v) is 9.73. The molecule has 30 heavy (non-hydrogen) atoms. The van der Waals surface area contributed by atoms with E-state index >= 15 is 0 Å². The number of nitrogens with one attached hydrogen (secondary N) is 2. The maximum Gasteiger partial charge on any atom is 0.256 e. The fourth-order valence-corrected chi connectivity index (χ4v) is 3.93. The molecule has 0 bridgehead atoms. The molecule has 0 spiro atoms. The number of rotatable bonds is 3. The molecule has 2 aromatic carbocycles. The van der Waals surface area contributed by atoms with Gasteiger partial charge in [-0.15, -0.1) is 0 Å². The first kappa shape index (κ1) is 18.2. The summed E-state index contributed by atoms with van der Waals surface area (Å²) >= 11 is 0. The van der Waals surface area contributed by atoms with Crippen molar-refractivity contribution in [3.63, 3.8) is 0 Å². The van der Waals surface area contributed by atoms with Gasteiger partial charge in [-0.3, -0.25) is 14.4 Å². The fraction of sp³-hybridized carbons (Fsp3) is 0.227. The van der Waals surface area contributed by atoms with Gasteiger partial charge in [0.2, 0.25) is 18.6 Å². The zero-order valence-electron chi connectivity index (χ0n) is 16.0. The van der Waals surface area contributed by atoms with Crippen molar-refractivity contribution < 1.29 is 23.9 Å². The number of carbonyl (C=O) groups excluding carboxylic acids is 3. The molecule has 3 aliphatic heterocycles. The molecule has 3 aliphatic rings. The van der Waals surface area contributed by atoms with Gasteiger partial charge in [0.15, 0.2) is 11.5 Å². The topological polar surface area (TPSA) is 97.0 Å². The Balaban J connectivity index is 1.32. The van der Waals surface area contributed by atoms with Crippen molar-refractivity contribution in [2.24, 2.45) is 0 Å². The molecule has 8 nitrogen and oxygen atoms in total. The molecule has 1 fully saturated rings. The Labute approximate surface area is 172 Å². The fourth-order valence-electron chi connectivity index (χ4n) is 3.93. The average Bonchev–Trinajstić information content (AvgIpc) is 3.40. The lowest BCUT2D eigenvalue weighted by molar-refractivity contribution is -0.119. The first-order chi connectivity index (χ1) is 14.6. The van der Waals surface area contributed by atoms with Gasteiger partial charge in [-0.1, -0.05) is 6.07 Å². The average molecular weight is 405 g/mol. The molecule has 2 N–H and O–H groups in total. The van der Waals surface area contributed by atoms with Crippen LogP contribution >= 0.6 is 0 Å². The molecule has 5 rings (SSSR count). The van der Waals surface area contributed by atoms with Crippen molar-refractivity contribution in [1.29, 1.82) is 0 Å². The number of fused-ring (bicyclic) bond motifs is 3. The molecule has 0 aliphatic carbocycles. The largest absolute Gasteiger partial charge is 0.454 e. The van der Waals surface area contributed by atoms with Gasteiger partial charge in [0.25, 0.3) is 5.91 Å². The minimum Gasteiger partial charge on any atom is -0.454 e. The molecule has 0 unspecified atom stereocenters. The van der Waals surface area contributed by atoms with Crippen LogP contribution < -0.4 is 20.1 Å². The van der Waals surface area contributed by atoms with Gasteiger partial charge in [0, 0.05) is 18.3 Å². The highest BCUT2D eigenvalue weighted by molar-refractivity contribution is 6.11. The molecule has 1 atom stereocenters. The quantitative estimate of drug-likeness (QED) is 0.766. The van der Waals surface area contributed by atoms with Gasteiger partial charge in [-0.2, -0.15) is 0 Å². The summed E-state index contributed by atoms with van der Waals surface area (Å²) in [5.74, 6) is 0.625. The third-order valence-electron chi connectivity index (χ3n) is 5.42. The normalized spacial score (nSPS) is 19.3.